The molecule has 0 spiro atoms. The lowest BCUT2D eigenvalue weighted by molar-refractivity contribution is 0.258. The molecule has 0 aliphatic heterocycles. The molecule has 0 saturated heterocycles. The Hall–Kier alpha value is -2.95. The van der Waals surface area contributed by atoms with E-state index in [0.29, 0.717) is 37.9 Å². The molecule has 0 radical (unpaired) electrons. The van der Waals surface area contributed by atoms with Crippen molar-refractivity contribution in [1.29, 1.82) is 0 Å². The maximum Gasteiger partial charge on any atom is 0.297 e. The zero-order valence-corrected chi connectivity index (χ0v) is 24.5. The second-order valence-electron chi connectivity index (χ2n) is 10.4. The van der Waals surface area contributed by atoms with Crippen molar-refractivity contribution in [3.8, 4) is 17.2 Å². The summed E-state index contributed by atoms with van der Waals surface area (Å²) in [5.41, 5.74) is 1.86. The van der Waals surface area contributed by atoms with Gasteiger partial charge in [-0.25, -0.2) is 0 Å². The molecule has 0 amide bonds. The standard InChI is InChI=1S/C34H49NO4/c1-4-7-10-12-13-17-23-35-31-26-29(39-27-28-19-15-14-16-20-28)21-22-30(31)32(37-24-9-6-3)33(34(35)36)38-25-18-11-8-5-2/h14-16,19-22,26H,4-13,17-18,23-25,27H2,1-3H3. The number of ether oxygens (including phenoxy) is 3. The van der Waals surface area contributed by atoms with Crippen LogP contribution in [0.15, 0.2) is 53.3 Å². The maximum atomic E-state index is 13.9. The van der Waals surface area contributed by atoms with E-state index in [2.05, 4.69) is 32.9 Å². The number of rotatable bonds is 20. The molecule has 1 heterocycles. The number of unbranched alkanes of at least 4 members (excludes halogenated alkanes) is 9. The molecule has 214 valence electrons. The second-order valence-corrected chi connectivity index (χ2v) is 10.4. The number of benzene rings is 2. The number of hydrogen-bond acceptors (Lipinski definition) is 4. The number of nitrogens with zero attached hydrogens (tertiary/aromatic N) is 1. The third-order valence-corrected chi connectivity index (χ3v) is 7.12. The molecule has 0 unspecified atom stereocenters. The largest absolute Gasteiger partial charge is 0.489 e. The van der Waals surface area contributed by atoms with Gasteiger partial charge in [-0.3, -0.25) is 4.79 Å². The molecule has 5 heteroatoms. The summed E-state index contributed by atoms with van der Waals surface area (Å²) in [5, 5.41) is 0.910. The number of pyridine rings is 1. The van der Waals surface area contributed by atoms with Gasteiger partial charge >= 0.3 is 0 Å². The molecular weight excluding hydrogens is 486 g/mol. The van der Waals surface area contributed by atoms with Crippen LogP contribution in [0.2, 0.25) is 0 Å². The normalized spacial score (nSPS) is 11.2. The van der Waals surface area contributed by atoms with Crippen molar-refractivity contribution < 1.29 is 14.2 Å². The van der Waals surface area contributed by atoms with E-state index in [1.165, 1.54) is 38.5 Å². The predicted molar refractivity (Wildman–Crippen MR) is 162 cm³/mol. The molecule has 2 aromatic carbocycles. The Kier molecular flexibility index (Phi) is 13.8. The Morgan fingerprint density at radius 3 is 2.03 bits per heavy atom. The zero-order chi connectivity index (χ0) is 27.7. The van der Waals surface area contributed by atoms with Crippen molar-refractivity contribution in [2.75, 3.05) is 13.2 Å². The third-order valence-electron chi connectivity index (χ3n) is 7.12. The number of hydrogen-bond donors (Lipinski definition) is 0. The fourth-order valence-electron chi connectivity index (χ4n) is 4.77. The molecule has 3 aromatic rings. The molecule has 39 heavy (non-hydrogen) atoms. The molecule has 0 fully saturated rings. The quantitative estimate of drug-likeness (QED) is 0.135. The predicted octanol–water partition coefficient (Wildman–Crippen LogP) is 9.08. The molecule has 0 saturated carbocycles. The van der Waals surface area contributed by atoms with Crippen molar-refractivity contribution >= 4 is 10.9 Å². The van der Waals surface area contributed by atoms with E-state index in [9.17, 15) is 4.79 Å². The second kappa shape index (κ2) is 17.6. The summed E-state index contributed by atoms with van der Waals surface area (Å²) in [6.07, 6.45) is 13.3. The molecular formula is C34H49NO4. The van der Waals surface area contributed by atoms with Crippen LogP contribution in [0.3, 0.4) is 0 Å². The molecule has 0 bridgehead atoms. The fraction of sp³-hybridized carbons (Fsp3) is 0.559. The minimum atomic E-state index is -0.0988. The van der Waals surface area contributed by atoms with Crippen LogP contribution in [0.25, 0.3) is 10.9 Å². The molecule has 3 rings (SSSR count). The van der Waals surface area contributed by atoms with Crippen LogP contribution in [0, 0.1) is 0 Å². The van der Waals surface area contributed by atoms with Crippen molar-refractivity contribution in [3.63, 3.8) is 0 Å². The van der Waals surface area contributed by atoms with E-state index in [0.717, 1.165) is 60.7 Å². The first-order valence-corrected chi connectivity index (χ1v) is 15.3. The van der Waals surface area contributed by atoms with Gasteiger partial charge in [0.05, 0.1) is 18.7 Å². The van der Waals surface area contributed by atoms with Crippen molar-refractivity contribution in [3.05, 3.63) is 64.4 Å². The van der Waals surface area contributed by atoms with E-state index in [1.807, 2.05) is 41.0 Å². The van der Waals surface area contributed by atoms with E-state index < -0.39 is 0 Å². The van der Waals surface area contributed by atoms with Crippen LogP contribution >= 0.6 is 0 Å². The average molecular weight is 536 g/mol. The number of fused-ring (bicyclic) bond motifs is 1. The van der Waals surface area contributed by atoms with Crippen LogP contribution in [-0.2, 0) is 13.2 Å². The lowest BCUT2D eigenvalue weighted by atomic mass is 10.1. The van der Waals surface area contributed by atoms with Crippen molar-refractivity contribution in [2.45, 2.75) is 111 Å². The smallest absolute Gasteiger partial charge is 0.297 e. The molecule has 1 aromatic heterocycles. The molecule has 5 nitrogen and oxygen atoms in total. The highest BCUT2D eigenvalue weighted by Crippen LogP contribution is 2.35. The molecule has 0 aliphatic carbocycles. The first kappa shape index (κ1) is 30.6. The highest BCUT2D eigenvalue weighted by Gasteiger charge is 2.20. The molecule has 0 aliphatic rings. The van der Waals surface area contributed by atoms with E-state index in [-0.39, 0.29) is 5.56 Å². The van der Waals surface area contributed by atoms with E-state index in [4.69, 9.17) is 14.2 Å². The Morgan fingerprint density at radius 2 is 1.28 bits per heavy atom. The van der Waals surface area contributed by atoms with Crippen LogP contribution in [0.5, 0.6) is 17.2 Å². The van der Waals surface area contributed by atoms with Gasteiger partial charge in [0.25, 0.3) is 5.56 Å². The van der Waals surface area contributed by atoms with Crippen LogP contribution in [-0.4, -0.2) is 17.8 Å². The van der Waals surface area contributed by atoms with Gasteiger partial charge in [0.2, 0.25) is 5.75 Å². The van der Waals surface area contributed by atoms with Gasteiger partial charge in [-0.15, -0.1) is 0 Å². The van der Waals surface area contributed by atoms with Gasteiger partial charge in [-0.1, -0.05) is 109 Å². The number of aromatic nitrogens is 1. The van der Waals surface area contributed by atoms with Crippen LogP contribution < -0.4 is 19.8 Å². The fourth-order valence-corrected chi connectivity index (χ4v) is 4.77. The van der Waals surface area contributed by atoms with Crippen molar-refractivity contribution in [1.82, 2.24) is 4.57 Å². The Bertz CT molecular complexity index is 1160. The van der Waals surface area contributed by atoms with Gasteiger partial charge < -0.3 is 18.8 Å². The van der Waals surface area contributed by atoms with E-state index in [1.54, 1.807) is 0 Å². The Balaban J connectivity index is 1.94. The third kappa shape index (κ3) is 9.63. The Morgan fingerprint density at radius 1 is 0.641 bits per heavy atom. The van der Waals surface area contributed by atoms with Crippen LogP contribution in [0.1, 0.15) is 103 Å². The zero-order valence-electron chi connectivity index (χ0n) is 24.5. The van der Waals surface area contributed by atoms with E-state index >= 15 is 0 Å². The highest BCUT2D eigenvalue weighted by atomic mass is 16.5. The summed E-state index contributed by atoms with van der Waals surface area (Å²) >= 11 is 0. The van der Waals surface area contributed by atoms with Gasteiger partial charge in [-0.05, 0) is 37.0 Å². The highest BCUT2D eigenvalue weighted by molar-refractivity contribution is 5.89. The molecule has 0 atom stereocenters. The summed E-state index contributed by atoms with van der Waals surface area (Å²) in [7, 11) is 0. The number of aryl methyl sites for hydroxylation is 1. The van der Waals surface area contributed by atoms with Gasteiger partial charge in [0.1, 0.15) is 12.4 Å². The van der Waals surface area contributed by atoms with Gasteiger partial charge in [0.15, 0.2) is 5.75 Å². The SMILES string of the molecule is CCCCCCCCn1c(=O)c(OCCCCCC)c(OCCCC)c2ccc(OCc3ccccc3)cc21. The summed E-state index contributed by atoms with van der Waals surface area (Å²) < 4.78 is 20.5. The Labute approximate surface area is 235 Å². The summed E-state index contributed by atoms with van der Waals surface area (Å²) in [5.74, 6) is 1.68. The monoisotopic (exact) mass is 535 g/mol. The minimum Gasteiger partial charge on any atom is -0.489 e. The first-order chi connectivity index (χ1) is 19.2. The average Bonchev–Trinajstić information content (AvgIpc) is 2.96. The lowest BCUT2D eigenvalue weighted by Crippen LogP contribution is -2.24. The van der Waals surface area contributed by atoms with Crippen molar-refractivity contribution in [2.24, 2.45) is 0 Å². The summed E-state index contributed by atoms with van der Waals surface area (Å²) in [6.45, 7) is 8.80. The minimum absolute atomic E-state index is 0.0988. The van der Waals surface area contributed by atoms with Gasteiger partial charge in [0, 0.05) is 18.0 Å². The maximum absolute atomic E-state index is 13.9. The summed E-state index contributed by atoms with van der Waals surface area (Å²) in [4.78, 5) is 13.9. The first-order valence-electron chi connectivity index (χ1n) is 15.3. The molecule has 0 N–H and O–H groups in total. The van der Waals surface area contributed by atoms with Crippen LogP contribution in [0.4, 0.5) is 0 Å². The van der Waals surface area contributed by atoms with Gasteiger partial charge in [-0.2, -0.15) is 0 Å². The lowest BCUT2D eigenvalue weighted by Gasteiger charge is -2.19. The topological polar surface area (TPSA) is 49.7 Å². The summed E-state index contributed by atoms with van der Waals surface area (Å²) in [6, 6.07) is 16.1.